The van der Waals surface area contributed by atoms with Crippen molar-refractivity contribution >= 4 is 11.9 Å². The fourth-order valence-corrected chi connectivity index (χ4v) is 4.80. The number of unbranched alkanes of at least 4 members (excludes halogenated alkanes) is 19. The van der Waals surface area contributed by atoms with E-state index < -0.39 is 0 Å². The lowest BCUT2D eigenvalue weighted by atomic mass is 10.1. The van der Waals surface area contributed by atoms with Crippen LogP contribution in [0.4, 0.5) is 0 Å². The Balaban J connectivity index is 3.51. The lowest BCUT2D eigenvalue weighted by Crippen LogP contribution is -2.31. The Morgan fingerprint density at radius 1 is 0.500 bits per heavy atom. The van der Waals surface area contributed by atoms with Crippen LogP contribution >= 0.6 is 0 Å². The molecule has 0 radical (unpaired) electrons. The van der Waals surface area contributed by atoms with Crippen LogP contribution in [0.2, 0.25) is 0 Å². The van der Waals surface area contributed by atoms with Gasteiger partial charge in [-0.15, -0.1) is 0 Å². The minimum Gasteiger partial charge on any atom is -0.466 e. The zero-order valence-corrected chi connectivity index (χ0v) is 24.8. The normalized spacial score (nSPS) is 11.1. The molecule has 0 aromatic heterocycles. The summed E-state index contributed by atoms with van der Waals surface area (Å²) in [6.07, 6.45) is 28.4. The van der Waals surface area contributed by atoms with Gasteiger partial charge in [-0.1, -0.05) is 123 Å². The monoisotopic (exact) mass is 509 g/mol. The predicted octanol–water partition coefficient (Wildman–Crippen LogP) is 9.78. The number of carbonyl (C=O) groups excluding carboxylic acids is 2. The second-order valence-corrected chi connectivity index (χ2v) is 10.8. The lowest BCUT2D eigenvalue weighted by molar-refractivity contribution is -0.144. The van der Waals surface area contributed by atoms with Crippen LogP contribution in [0.25, 0.3) is 0 Å². The second kappa shape index (κ2) is 28.5. The molecule has 0 aromatic carbocycles. The van der Waals surface area contributed by atoms with E-state index >= 15 is 0 Å². The molecular formula is C32H63NO3. The topological polar surface area (TPSA) is 46.6 Å². The summed E-state index contributed by atoms with van der Waals surface area (Å²) in [5.74, 6) is 0.295. The molecule has 0 aliphatic carbocycles. The molecule has 4 nitrogen and oxygen atoms in total. The van der Waals surface area contributed by atoms with Crippen molar-refractivity contribution in [1.82, 2.24) is 4.90 Å². The molecular weight excluding hydrogens is 446 g/mol. The molecule has 0 saturated heterocycles. The van der Waals surface area contributed by atoms with E-state index in [0.717, 1.165) is 58.0 Å². The van der Waals surface area contributed by atoms with Gasteiger partial charge in [-0.25, -0.2) is 0 Å². The van der Waals surface area contributed by atoms with Gasteiger partial charge in [-0.3, -0.25) is 9.59 Å². The Bertz CT molecular complexity index is 480. The number of esters is 1. The van der Waals surface area contributed by atoms with Gasteiger partial charge in [0.2, 0.25) is 5.91 Å². The van der Waals surface area contributed by atoms with Crippen LogP contribution in [0.5, 0.6) is 0 Å². The van der Waals surface area contributed by atoms with E-state index in [1.807, 2.05) is 4.90 Å². The fourth-order valence-electron chi connectivity index (χ4n) is 4.80. The average molecular weight is 510 g/mol. The van der Waals surface area contributed by atoms with Gasteiger partial charge in [0.1, 0.15) is 0 Å². The van der Waals surface area contributed by atoms with Crippen LogP contribution in [-0.4, -0.2) is 36.5 Å². The third-order valence-corrected chi connectivity index (χ3v) is 7.30. The number of ether oxygens (including phenoxy) is 1. The molecule has 0 spiro atoms. The van der Waals surface area contributed by atoms with Gasteiger partial charge in [0.05, 0.1) is 6.61 Å². The van der Waals surface area contributed by atoms with Crippen molar-refractivity contribution in [2.75, 3.05) is 19.7 Å². The molecule has 214 valence electrons. The Labute approximate surface area is 225 Å². The zero-order valence-electron chi connectivity index (χ0n) is 24.8. The van der Waals surface area contributed by atoms with Gasteiger partial charge in [-0.2, -0.15) is 0 Å². The van der Waals surface area contributed by atoms with E-state index in [9.17, 15) is 9.59 Å². The van der Waals surface area contributed by atoms with Crippen molar-refractivity contribution in [3.63, 3.8) is 0 Å². The Morgan fingerprint density at radius 2 is 0.917 bits per heavy atom. The summed E-state index contributed by atoms with van der Waals surface area (Å²) in [4.78, 5) is 26.4. The van der Waals surface area contributed by atoms with E-state index in [-0.39, 0.29) is 5.97 Å². The summed E-state index contributed by atoms with van der Waals surface area (Å²) in [5.41, 5.74) is 0. The summed E-state index contributed by atoms with van der Waals surface area (Å²) in [7, 11) is 0. The quantitative estimate of drug-likeness (QED) is 0.0778. The first-order chi connectivity index (χ1) is 17.7. The number of nitrogens with zero attached hydrogens (tertiary/aromatic N) is 1. The predicted molar refractivity (Wildman–Crippen MR) is 155 cm³/mol. The van der Waals surface area contributed by atoms with E-state index in [1.54, 1.807) is 0 Å². The van der Waals surface area contributed by atoms with Crippen LogP contribution in [0, 0.1) is 0 Å². The van der Waals surface area contributed by atoms with E-state index in [4.69, 9.17) is 4.74 Å². The molecule has 4 heteroatoms. The van der Waals surface area contributed by atoms with E-state index in [1.165, 1.54) is 96.3 Å². The molecule has 0 unspecified atom stereocenters. The smallest absolute Gasteiger partial charge is 0.305 e. The van der Waals surface area contributed by atoms with Crippen molar-refractivity contribution in [2.24, 2.45) is 0 Å². The van der Waals surface area contributed by atoms with Crippen molar-refractivity contribution in [2.45, 2.75) is 175 Å². The molecule has 1 amide bonds. The first-order valence-electron chi connectivity index (χ1n) is 16.1. The SMILES string of the molecule is CCCCCCCCCCCC(=O)OCCCCCCN(CC)C(=O)CCCCCCCCCCC. The lowest BCUT2D eigenvalue weighted by Gasteiger charge is -2.21. The average Bonchev–Trinajstić information content (AvgIpc) is 2.88. The highest BCUT2D eigenvalue weighted by Gasteiger charge is 2.10. The highest BCUT2D eigenvalue weighted by atomic mass is 16.5. The summed E-state index contributed by atoms with van der Waals surface area (Å²) >= 11 is 0. The van der Waals surface area contributed by atoms with E-state index in [2.05, 4.69) is 20.8 Å². The maximum Gasteiger partial charge on any atom is 0.305 e. The van der Waals surface area contributed by atoms with E-state index in [0.29, 0.717) is 25.4 Å². The minimum absolute atomic E-state index is 0.0304. The Morgan fingerprint density at radius 3 is 1.42 bits per heavy atom. The van der Waals surface area contributed by atoms with Crippen molar-refractivity contribution < 1.29 is 14.3 Å². The maximum atomic E-state index is 12.5. The molecule has 0 aliphatic rings. The highest BCUT2D eigenvalue weighted by molar-refractivity contribution is 5.76. The first kappa shape index (κ1) is 34.9. The number of hydrogen-bond donors (Lipinski definition) is 0. The Kier molecular flexibility index (Phi) is 27.7. The molecule has 0 rings (SSSR count). The van der Waals surface area contributed by atoms with Gasteiger partial charge >= 0.3 is 5.97 Å². The number of amides is 1. The third kappa shape index (κ3) is 24.6. The number of hydrogen-bond acceptors (Lipinski definition) is 3. The van der Waals surface area contributed by atoms with Crippen LogP contribution < -0.4 is 0 Å². The third-order valence-electron chi connectivity index (χ3n) is 7.30. The molecule has 0 N–H and O–H groups in total. The number of carbonyl (C=O) groups is 2. The molecule has 0 fully saturated rings. The van der Waals surface area contributed by atoms with Crippen LogP contribution in [-0.2, 0) is 14.3 Å². The van der Waals surface area contributed by atoms with Gasteiger partial charge in [0.25, 0.3) is 0 Å². The molecule has 0 atom stereocenters. The summed E-state index contributed by atoms with van der Waals surface area (Å²) < 4.78 is 5.39. The molecule has 36 heavy (non-hydrogen) atoms. The zero-order chi connectivity index (χ0) is 26.5. The van der Waals surface area contributed by atoms with Gasteiger partial charge < -0.3 is 9.64 Å². The molecule has 0 heterocycles. The van der Waals surface area contributed by atoms with Crippen molar-refractivity contribution in [3.8, 4) is 0 Å². The van der Waals surface area contributed by atoms with Crippen LogP contribution in [0.1, 0.15) is 175 Å². The molecule has 0 aromatic rings. The molecule has 0 aliphatic heterocycles. The maximum absolute atomic E-state index is 12.5. The molecule has 0 bridgehead atoms. The largest absolute Gasteiger partial charge is 0.466 e. The molecule has 0 saturated carbocycles. The van der Waals surface area contributed by atoms with Crippen LogP contribution in [0.15, 0.2) is 0 Å². The van der Waals surface area contributed by atoms with Crippen LogP contribution in [0.3, 0.4) is 0 Å². The summed E-state index contributed by atoms with van der Waals surface area (Å²) in [6, 6.07) is 0. The standard InChI is InChI=1S/C32H63NO3/c1-4-7-9-11-13-15-17-19-23-27-31(34)33(6-3)29-25-21-22-26-30-36-32(35)28-24-20-18-16-14-12-10-8-5-2/h4-30H2,1-3H3. The summed E-state index contributed by atoms with van der Waals surface area (Å²) in [5, 5.41) is 0. The van der Waals surface area contributed by atoms with Gasteiger partial charge in [0, 0.05) is 25.9 Å². The number of rotatable bonds is 28. The Hall–Kier alpha value is -1.06. The summed E-state index contributed by atoms with van der Waals surface area (Å²) in [6.45, 7) is 8.82. The van der Waals surface area contributed by atoms with Gasteiger partial charge in [-0.05, 0) is 39.0 Å². The second-order valence-electron chi connectivity index (χ2n) is 10.8. The highest BCUT2D eigenvalue weighted by Crippen LogP contribution is 2.13. The minimum atomic E-state index is -0.0304. The first-order valence-corrected chi connectivity index (χ1v) is 16.1. The van der Waals surface area contributed by atoms with Gasteiger partial charge in [0.15, 0.2) is 0 Å². The van der Waals surface area contributed by atoms with Crippen molar-refractivity contribution in [1.29, 1.82) is 0 Å². The fraction of sp³-hybridized carbons (Fsp3) is 0.938. The van der Waals surface area contributed by atoms with Crippen molar-refractivity contribution in [3.05, 3.63) is 0 Å².